The minimum atomic E-state index is 0.390. The third kappa shape index (κ3) is 1.33. The molecule has 2 aromatic heterocycles. The molecule has 0 spiro atoms. The molecule has 0 saturated heterocycles. The highest BCUT2D eigenvalue weighted by molar-refractivity contribution is 5.46. The first-order valence-corrected chi connectivity index (χ1v) is 3.94. The molecule has 2 N–H and O–H groups in total. The summed E-state index contributed by atoms with van der Waals surface area (Å²) in [4.78, 5) is 4.18. The Bertz CT molecular complexity index is 404. The molecule has 0 aliphatic rings. The number of nitrogens with two attached hydrogens (primary N) is 1. The fourth-order valence-electron chi connectivity index (χ4n) is 1.10. The normalized spacial score (nSPS) is 10.6. The van der Waals surface area contributed by atoms with Crippen LogP contribution < -0.4 is 5.73 Å². The highest BCUT2D eigenvalue weighted by Gasteiger charge is 2.08. The minimum absolute atomic E-state index is 0.390. The van der Waals surface area contributed by atoms with E-state index in [9.17, 15) is 0 Å². The molecule has 0 saturated carbocycles. The van der Waals surface area contributed by atoms with Crippen LogP contribution in [0.15, 0.2) is 22.9 Å². The molecule has 2 heterocycles. The van der Waals surface area contributed by atoms with Gasteiger partial charge in [-0.2, -0.15) is 5.10 Å². The molecule has 68 valence electrons. The number of rotatable bonds is 2. The van der Waals surface area contributed by atoms with Crippen molar-refractivity contribution in [2.45, 2.75) is 6.54 Å². The number of oxazole rings is 1. The van der Waals surface area contributed by atoms with Gasteiger partial charge in [-0.05, 0) is 6.07 Å². The molecule has 2 aromatic rings. The van der Waals surface area contributed by atoms with Crippen LogP contribution in [0.25, 0.3) is 11.6 Å². The predicted molar refractivity (Wildman–Crippen MR) is 46.6 cm³/mol. The Labute approximate surface area is 75.2 Å². The van der Waals surface area contributed by atoms with Crippen molar-refractivity contribution in [2.75, 3.05) is 0 Å². The van der Waals surface area contributed by atoms with Crippen LogP contribution in [0.5, 0.6) is 0 Å². The highest BCUT2D eigenvalue weighted by atomic mass is 16.3. The van der Waals surface area contributed by atoms with Crippen molar-refractivity contribution in [3.63, 3.8) is 0 Å². The van der Waals surface area contributed by atoms with Gasteiger partial charge in [-0.1, -0.05) is 0 Å². The van der Waals surface area contributed by atoms with Gasteiger partial charge in [0.15, 0.2) is 0 Å². The van der Waals surface area contributed by atoms with Gasteiger partial charge in [0, 0.05) is 19.8 Å². The lowest BCUT2D eigenvalue weighted by atomic mass is 10.4. The van der Waals surface area contributed by atoms with E-state index in [1.54, 1.807) is 17.1 Å². The van der Waals surface area contributed by atoms with Gasteiger partial charge in [0.25, 0.3) is 0 Å². The summed E-state index contributed by atoms with van der Waals surface area (Å²) in [6.07, 6.45) is 3.25. The number of hydrogen-bond acceptors (Lipinski definition) is 4. The van der Waals surface area contributed by atoms with Crippen LogP contribution in [0.1, 0.15) is 5.69 Å². The van der Waals surface area contributed by atoms with E-state index in [1.807, 2.05) is 13.1 Å². The van der Waals surface area contributed by atoms with E-state index >= 15 is 0 Å². The lowest BCUT2D eigenvalue weighted by Gasteiger charge is -1.93. The molecule has 0 aliphatic heterocycles. The van der Waals surface area contributed by atoms with Crippen molar-refractivity contribution in [2.24, 2.45) is 12.8 Å². The smallest absolute Gasteiger partial charge is 0.244 e. The van der Waals surface area contributed by atoms with Gasteiger partial charge >= 0.3 is 0 Å². The van der Waals surface area contributed by atoms with Crippen molar-refractivity contribution in [1.82, 2.24) is 14.8 Å². The van der Waals surface area contributed by atoms with Gasteiger partial charge in [-0.15, -0.1) is 0 Å². The second kappa shape index (κ2) is 3.02. The van der Waals surface area contributed by atoms with Crippen molar-refractivity contribution in [3.05, 3.63) is 24.2 Å². The molecule has 0 aromatic carbocycles. The molecule has 0 fully saturated rings. The number of aromatic nitrogens is 3. The average Bonchev–Trinajstić information content (AvgIpc) is 2.71. The summed E-state index contributed by atoms with van der Waals surface area (Å²) < 4.78 is 6.93. The van der Waals surface area contributed by atoms with E-state index in [1.165, 1.54) is 0 Å². The molecule has 0 radical (unpaired) electrons. The molecule has 13 heavy (non-hydrogen) atoms. The summed E-state index contributed by atoms with van der Waals surface area (Å²) in [5.41, 5.74) is 7.00. The number of hydrogen-bond donors (Lipinski definition) is 1. The van der Waals surface area contributed by atoms with E-state index in [0.29, 0.717) is 12.4 Å². The van der Waals surface area contributed by atoms with Gasteiger partial charge < -0.3 is 10.2 Å². The summed E-state index contributed by atoms with van der Waals surface area (Å²) in [7, 11) is 1.83. The molecule has 5 heteroatoms. The van der Waals surface area contributed by atoms with E-state index < -0.39 is 0 Å². The van der Waals surface area contributed by atoms with Crippen LogP contribution in [0.3, 0.4) is 0 Å². The third-order valence-electron chi connectivity index (χ3n) is 1.80. The Morgan fingerprint density at radius 2 is 2.46 bits per heavy atom. The highest BCUT2D eigenvalue weighted by Crippen LogP contribution is 2.16. The zero-order chi connectivity index (χ0) is 9.26. The van der Waals surface area contributed by atoms with Gasteiger partial charge in [0.1, 0.15) is 12.0 Å². The van der Waals surface area contributed by atoms with Crippen molar-refractivity contribution in [1.29, 1.82) is 0 Å². The van der Waals surface area contributed by atoms with E-state index in [-0.39, 0.29) is 0 Å². The maximum absolute atomic E-state index is 5.41. The SMILES string of the molecule is Cn1nccc1-c1nc(CN)co1. The van der Waals surface area contributed by atoms with Crippen LogP contribution in [-0.4, -0.2) is 14.8 Å². The lowest BCUT2D eigenvalue weighted by Crippen LogP contribution is -1.97. The molecule has 0 aliphatic carbocycles. The van der Waals surface area contributed by atoms with Gasteiger partial charge in [-0.25, -0.2) is 4.98 Å². The standard InChI is InChI=1S/C8H10N4O/c1-12-7(2-3-10-12)8-11-6(4-9)5-13-8/h2-3,5H,4,9H2,1H3. The summed E-state index contributed by atoms with van der Waals surface area (Å²) in [5.74, 6) is 0.556. The summed E-state index contributed by atoms with van der Waals surface area (Å²) in [6.45, 7) is 0.390. The van der Waals surface area contributed by atoms with E-state index in [0.717, 1.165) is 11.4 Å². The average molecular weight is 178 g/mol. The number of nitrogens with zero attached hydrogens (tertiary/aromatic N) is 3. The second-order valence-electron chi connectivity index (χ2n) is 2.69. The summed E-state index contributed by atoms with van der Waals surface area (Å²) >= 11 is 0. The first kappa shape index (κ1) is 8.00. The van der Waals surface area contributed by atoms with Gasteiger partial charge in [0.2, 0.25) is 5.89 Å². The maximum Gasteiger partial charge on any atom is 0.244 e. The fourth-order valence-corrected chi connectivity index (χ4v) is 1.10. The quantitative estimate of drug-likeness (QED) is 0.728. The largest absolute Gasteiger partial charge is 0.443 e. The molecular weight excluding hydrogens is 168 g/mol. The Morgan fingerprint density at radius 3 is 3.00 bits per heavy atom. The molecule has 2 rings (SSSR count). The fraction of sp³-hybridized carbons (Fsp3) is 0.250. The zero-order valence-corrected chi connectivity index (χ0v) is 7.27. The molecule has 0 atom stereocenters. The van der Waals surface area contributed by atoms with Crippen LogP contribution in [0.2, 0.25) is 0 Å². The Morgan fingerprint density at radius 1 is 1.62 bits per heavy atom. The molecule has 5 nitrogen and oxygen atoms in total. The van der Waals surface area contributed by atoms with Crippen LogP contribution in [-0.2, 0) is 13.6 Å². The van der Waals surface area contributed by atoms with Gasteiger partial charge in [0.05, 0.1) is 5.69 Å². The van der Waals surface area contributed by atoms with Gasteiger partial charge in [-0.3, -0.25) is 4.68 Å². The first-order valence-electron chi connectivity index (χ1n) is 3.94. The molecule has 0 bridgehead atoms. The Hall–Kier alpha value is -1.62. The third-order valence-corrected chi connectivity index (χ3v) is 1.80. The van der Waals surface area contributed by atoms with Crippen molar-refractivity contribution < 1.29 is 4.42 Å². The zero-order valence-electron chi connectivity index (χ0n) is 7.27. The Balaban J connectivity index is 2.41. The second-order valence-corrected chi connectivity index (χ2v) is 2.69. The molecule has 0 unspecified atom stereocenters. The Kier molecular flexibility index (Phi) is 1.86. The first-order chi connectivity index (χ1) is 6.31. The topological polar surface area (TPSA) is 69.9 Å². The maximum atomic E-state index is 5.41. The lowest BCUT2D eigenvalue weighted by molar-refractivity contribution is 0.563. The van der Waals surface area contributed by atoms with Crippen LogP contribution in [0.4, 0.5) is 0 Å². The van der Waals surface area contributed by atoms with Crippen LogP contribution in [0, 0.1) is 0 Å². The molecular formula is C8H10N4O. The summed E-state index contributed by atoms with van der Waals surface area (Å²) in [6, 6.07) is 1.84. The van der Waals surface area contributed by atoms with Crippen molar-refractivity contribution >= 4 is 0 Å². The van der Waals surface area contributed by atoms with Crippen LogP contribution >= 0.6 is 0 Å². The summed E-state index contributed by atoms with van der Waals surface area (Å²) in [5, 5.41) is 4.01. The number of aryl methyl sites for hydroxylation is 1. The predicted octanol–water partition coefficient (Wildman–Crippen LogP) is 0.534. The monoisotopic (exact) mass is 178 g/mol. The minimum Gasteiger partial charge on any atom is -0.443 e. The molecule has 0 amide bonds. The van der Waals surface area contributed by atoms with Crippen molar-refractivity contribution in [3.8, 4) is 11.6 Å². The van der Waals surface area contributed by atoms with E-state index in [4.69, 9.17) is 10.2 Å². The van der Waals surface area contributed by atoms with E-state index in [2.05, 4.69) is 10.1 Å².